The second-order valence-corrected chi connectivity index (χ2v) is 4.85. The van der Waals surface area contributed by atoms with Gasteiger partial charge in [0, 0.05) is 6.04 Å². The summed E-state index contributed by atoms with van der Waals surface area (Å²) in [6.07, 6.45) is 0.758. The maximum atomic E-state index is 13.6. The molecule has 1 heterocycles. The number of hydrogen-bond acceptors (Lipinski definition) is 3. The molecule has 0 radical (unpaired) electrons. The maximum absolute atomic E-state index is 13.6. The van der Waals surface area contributed by atoms with Crippen LogP contribution in [-0.4, -0.2) is 14.2 Å². The molecule has 0 aliphatic heterocycles. The summed E-state index contributed by atoms with van der Waals surface area (Å²) >= 11 is 1.67. The molecule has 0 amide bonds. The zero-order valence-corrected chi connectivity index (χ0v) is 11.3. The second kappa shape index (κ2) is 5.98. The Morgan fingerprint density at radius 3 is 2.78 bits per heavy atom. The van der Waals surface area contributed by atoms with Gasteiger partial charge in [-0.2, -0.15) is 11.3 Å². The van der Waals surface area contributed by atoms with Gasteiger partial charge in [0.25, 0.3) is 0 Å². The fraction of sp³-hybridized carbons (Fsp3) is 0.286. The Morgan fingerprint density at radius 1 is 1.39 bits per heavy atom. The van der Waals surface area contributed by atoms with Crippen molar-refractivity contribution < 1.29 is 9.13 Å². The molecule has 0 bridgehead atoms. The quantitative estimate of drug-likeness (QED) is 0.894. The fourth-order valence-electron chi connectivity index (χ4n) is 1.93. The van der Waals surface area contributed by atoms with Crippen LogP contribution in [0.15, 0.2) is 35.0 Å². The molecule has 2 aromatic rings. The monoisotopic (exact) mass is 265 g/mol. The number of likely N-dealkylation sites (N-methyl/N-ethyl adjacent to an activating group) is 1. The minimum atomic E-state index is -0.310. The molecule has 0 saturated carbocycles. The zero-order valence-electron chi connectivity index (χ0n) is 10.4. The zero-order chi connectivity index (χ0) is 13.0. The molecule has 0 aliphatic rings. The molecule has 0 aliphatic carbocycles. The van der Waals surface area contributed by atoms with Crippen LogP contribution in [0.4, 0.5) is 4.39 Å². The Kier molecular flexibility index (Phi) is 4.33. The molecule has 0 fully saturated rings. The maximum Gasteiger partial charge on any atom is 0.165 e. The van der Waals surface area contributed by atoms with Crippen LogP contribution in [0.5, 0.6) is 5.75 Å². The molecule has 96 valence electrons. The van der Waals surface area contributed by atoms with E-state index < -0.39 is 0 Å². The van der Waals surface area contributed by atoms with Crippen LogP contribution in [0.2, 0.25) is 0 Å². The van der Waals surface area contributed by atoms with Crippen molar-refractivity contribution in [1.82, 2.24) is 5.32 Å². The predicted octanol–water partition coefficient (Wildman–Crippen LogP) is 3.40. The van der Waals surface area contributed by atoms with E-state index in [2.05, 4.69) is 16.8 Å². The van der Waals surface area contributed by atoms with Crippen LogP contribution in [0.3, 0.4) is 0 Å². The van der Waals surface area contributed by atoms with E-state index >= 15 is 0 Å². The third-order valence-electron chi connectivity index (χ3n) is 2.95. The highest BCUT2D eigenvalue weighted by Gasteiger charge is 2.12. The van der Waals surface area contributed by atoms with E-state index in [1.54, 1.807) is 17.4 Å². The van der Waals surface area contributed by atoms with Crippen LogP contribution in [0.25, 0.3) is 0 Å². The topological polar surface area (TPSA) is 21.3 Å². The predicted molar refractivity (Wildman–Crippen MR) is 72.8 cm³/mol. The third-order valence-corrected chi connectivity index (χ3v) is 3.65. The first-order valence-electron chi connectivity index (χ1n) is 5.76. The van der Waals surface area contributed by atoms with E-state index in [0.29, 0.717) is 0 Å². The van der Waals surface area contributed by atoms with Gasteiger partial charge in [0.05, 0.1) is 7.11 Å². The van der Waals surface area contributed by atoms with Crippen molar-refractivity contribution in [2.45, 2.75) is 12.5 Å². The number of ether oxygens (including phenoxy) is 1. The van der Waals surface area contributed by atoms with Gasteiger partial charge in [-0.1, -0.05) is 6.07 Å². The van der Waals surface area contributed by atoms with Gasteiger partial charge in [-0.3, -0.25) is 0 Å². The largest absolute Gasteiger partial charge is 0.494 e. The fourth-order valence-corrected chi connectivity index (χ4v) is 2.65. The molecule has 1 atom stereocenters. The SMILES string of the molecule is CNC(Cc1ccc(OC)c(F)c1)c1ccsc1. The number of methoxy groups -OCH3 is 1. The standard InChI is InChI=1S/C14H16FNOS/c1-16-13(11-5-6-18-9-11)8-10-3-4-14(17-2)12(15)7-10/h3-7,9,13,16H,8H2,1-2H3. The van der Waals surface area contributed by atoms with Crippen molar-refractivity contribution >= 4 is 11.3 Å². The Morgan fingerprint density at radius 2 is 2.22 bits per heavy atom. The summed E-state index contributed by atoms with van der Waals surface area (Å²) in [7, 11) is 3.39. The summed E-state index contributed by atoms with van der Waals surface area (Å²) in [5.74, 6) is -0.0227. The minimum absolute atomic E-state index is 0.212. The first kappa shape index (κ1) is 13.1. The molecule has 2 nitrogen and oxygen atoms in total. The number of thiophene rings is 1. The summed E-state index contributed by atoms with van der Waals surface area (Å²) in [6, 6.07) is 7.41. The first-order chi connectivity index (χ1) is 8.74. The Labute approximate surface area is 110 Å². The third kappa shape index (κ3) is 2.89. The van der Waals surface area contributed by atoms with E-state index in [-0.39, 0.29) is 17.6 Å². The average molecular weight is 265 g/mol. The van der Waals surface area contributed by atoms with Crippen LogP contribution >= 0.6 is 11.3 Å². The number of hydrogen-bond donors (Lipinski definition) is 1. The second-order valence-electron chi connectivity index (χ2n) is 4.07. The van der Waals surface area contributed by atoms with Gasteiger partial charge in [-0.05, 0) is 53.6 Å². The van der Waals surface area contributed by atoms with Gasteiger partial charge >= 0.3 is 0 Å². The molecular weight excluding hydrogens is 249 g/mol. The number of halogens is 1. The molecule has 1 N–H and O–H groups in total. The number of nitrogens with one attached hydrogen (secondary N) is 1. The summed E-state index contributed by atoms with van der Waals surface area (Å²) in [6.45, 7) is 0. The number of rotatable bonds is 5. The van der Waals surface area contributed by atoms with Crippen molar-refractivity contribution in [2.75, 3.05) is 14.2 Å². The van der Waals surface area contributed by atoms with Gasteiger partial charge in [-0.25, -0.2) is 4.39 Å². The van der Waals surface area contributed by atoms with Crippen molar-refractivity contribution in [1.29, 1.82) is 0 Å². The molecule has 0 saturated heterocycles. The van der Waals surface area contributed by atoms with Crippen LogP contribution < -0.4 is 10.1 Å². The van der Waals surface area contributed by atoms with Gasteiger partial charge in [0.15, 0.2) is 11.6 Å². The van der Waals surface area contributed by atoms with Crippen molar-refractivity contribution in [3.63, 3.8) is 0 Å². The molecule has 2 rings (SSSR count). The average Bonchev–Trinajstić information content (AvgIpc) is 2.90. The lowest BCUT2D eigenvalue weighted by atomic mass is 10.0. The highest BCUT2D eigenvalue weighted by Crippen LogP contribution is 2.23. The first-order valence-corrected chi connectivity index (χ1v) is 6.70. The van der Waals surface area contributed by atoms with E-state index in [9.17, 15) is 4.39 Å². The van der Waals surface area contributed by atoms with Crippen molar-refractivity contribution in [3.05, 3.63) is 52.0 Å². The van der Waals surface area contributed by atoms with Gasteiger partial charge in [0.1, 0.15) is 0 Å². The molecule has 1 unspecified atom stereocenters. The summed E-state index contributed by atoms with van der Waals surface area (Å²) in [5.41, 5.74) is 2.19. The summed E-state index contributed by atoms with van der Waals surface area (Å²) in [5, 5.41) is 7.42. The minimum Gasteiger partial charge on any atom is -0.494 e. The van der Waals surface area contributed by atoms with E-state index in [1.807, 2.05) is 18.5 Å². The summed E-state index contributed by atoms with van der Waals surface area (Å²) in [4.78, 5) is 0. The van der Waals surface area contributed by atoms with Crippen LogP contribution in [0.1, 0.15) is 17.2 Å². The van der Waals surface area contributed by atoms with Gasteiger partial charge in [-0.15, -0.1) is 0 Å². The normalized spacial score (nSPS) is 12.4. The molecule has 4 heteroatoms. The molecule has 18 heavy (non-hydrogen) atoms. The van der Waals surface area contributed by atoms with Gasteiger partial charge in [0.2, 0.25) is 0 Å². The van der Waals surface area contributed by atoms with Crippen molar-refractivity contribution in [3.8, 4) is 5.75 Å². The smallest absolute Gasteiger partial charge is 0.165 e. The molecule has 1 aromatic heterocycles. The Bertz CT molecular complexity index is 499. The Balaban J connectivity index is 2.15. The van der Waals surface area contributed by atoms with E-state index in [0.717, 1.165) is 12.0 Å². The molecular formula is C14H16FNOS. The summed E-state index contributed by atoms with van der Waals surface area (Å²) < 4.78 is 18.5. The lowest BCUT2D eigenvalue weighted by Gasteiger charge is -2.15. The van der Waals surface area contributed by atoms with E-state index in [4.69, 9.17) is 4.74 Å². The van der Waals surface area contributed by atoms with Crippen LogP contribution in [0, 0.1) is 5.82 Å². The van der Waals surface area contributed by atoms with Gasteiger partial charge < -0.3 is 10.1 Å². The van der Waals surface area contributed by atoms with Crippen LogP contribution in [-0.2, 0) is 6.42 Å². The molecule has 1 aromatic carbocycles. The highest BCUT2D eigenvalue weighted by molar-refractivity contribution is 7.07. The Hall–Kier alpha value is -1.39. The van der Waals surface area contributed by atoms with Crippen molar-refractivity contribution in [2.24, 2.45) is 0 Å². The number of benzene rings is 1. The molecule has 0 spiro atoms. The lowest BCUT2D eigenvalue weighted by molar-refractivity contribution is 0.386. The van der Waals surface area contributed by atoms with E-state index in [1.165, 1.54) is 18.7 Å². The lowest BCUT2D eigenvalue weighted by Crippen LogP contribution is -2.18. The highest BCUT2D eigenvalue weighted by atomic mass is 32.1.